The minimum atomic E-state index is 0.149. The Kier molecular flexibility index (Phi) is 3.10. The van der Waals surface area contributed by atoms with E-state index in [1.807, 2.05) is 29.8 Å². The summed E-state index contributed by atoms with van der Waals surface area (Å²) in [6.07, 6.45) is 8.62. The van der Waals surface area contributed by atoms with Gasteiger partial charge in [-0.2, -0.15) is 0 Å². The van der Waals surface area contributed by atoms with Gasteiger partial charge in [-0.1, -0.05) is 0 Å². The van der Waals surface area contributed by atoms with Gasteiger partial charge >= 0.3 is 0 Å². The van der Waals surface area contributed by atoms with Gasteiger partial charge in [-0.3, -0.25) is 4.98 Å². The van der Waals surface area contributed by atoms with Crippen LogP contribution in [0.15, 0.2) is 37.1 Å². The number of rotatable bonds is 4. The molecular formula is C12H13N3O. The predicted molar refractivity (Wildman–Crippen MR) is 60.9 cm³/mol. The largest absolute Gasteiger partial charge is 0.334 e. The summed E-state index contributed by atoms with van der Waals surface area (Å²) in [7, 11) is 0. The highest BCUT2D eigenvalue weighted by Crippen LogP contribution is 2.18. The van der Waals surface area contributed by atoms with E-state index in [-0.39, 0.29) is 6.04 Å². The maximum atomic E-state index is 10.4. The molecule has 4 heteroatoms. The molecular weight excluding hydrogens is 202 g/mol. The van der Waals surface area contributed by atoms with Crippen molar-refractivity contribution in [2.24, 2.45) is 0 Å². The summed E-state index contributed by atoms with van der Waals surface area (Å²) in [5.74, 6) is 0. The van der Waals surface area contributed by atoms with Crippen molar-refractivity contribution in [2.75, 3.05) is 0 Å². The number of carbonyl (C=O) groups excluding carboxylic acids is 1. The molecule has 0 aromatic carbocycles. The molecule has 82 valence electrons. The standard InChI is InChI=1S/C12H13N3O/c1-10(4-6-16)15-8-12(14-9-15)11-3-2-5-13-7-11/h2-3,5-10H,4H2,1H3. The van der Waals surface area contributed by atoms with Gasteiger partial charge in [0.2, 0.25) is 0 Å². The van der Waals surface area contributed by atoms with E-state index in [9.17, 15) is 4.79 Å². The van der Waals surface area contributed by atoms with Crippen molar-refractivity contribution in [3.05, 3.63) is 37.1 Å². The number of aldehydes is 1. The zero-order chi connectivity index (χ0) is 11.4. The number of aromatic nitrogens is 3. The highest BCUT2D eigenvalue weighted by atomic mass is 16.1. The molecule has 4 nitrogen and oxygen atoms in total. The van der Waals surface area contributed by atoms with Gasteiger partial charge in [0, 0.05) is 36.6 Å². The molecule has 0 radical (unpaired) electrons. The number of carbonyl (C=O) groups is 1. The fourth-order valence-electron chi connectivity index (χ4n) is 1.50. The molecule has 2 aromatic rings. The van der Waals surface area contributed by atoms with Crippen LogP contribution in [0.5, 0.6) is 0 Å². The average Bonchev–Trinajstić information content (AvgIpc) is 2.80. The third kappa shape index (κ3) is 2.16. The Hall–Kier alpha value is -1.97. The molecule has 0 bridgehead atoms. The molecule has 0 N–H and O–H groups in total. The van der Waals surface area contributed by atoms with Crippen LogP contribution in [-0.2, 0) is 4.79 Å². The monoisotopic (exact) mass is 215 g/mol. The van der Waals surface area contributed by atoms with E-state index >= 15 is 0 Å². The van der Waals surface area contributed by atoms with Crippen molar-refractivity contribution >= 4 is 6.29 Å². The summed E-state index contributed by atoms with van der Waals surface area (Å²) in [5.41, 5.74) is 1.87. The Bertz CT molecular complexity index is 464. The van der Waals surface area contributed by atoms with Crippen molar-refractivity contribution < 1.29 is 4.79 Å². The van der Waals surface area contributed by atoms with E-state index in [0.717, 1.165) is 17.5 Å². The van der Waals surface area contributed by atoms with Gasteiger partial charge in [-0.15, -0.1) is 0 Å². The molecule has 0 aliphatic carbocycles. The van der Waals surface area contributed by atoms with Gasteiger partial charge in [-0.25, -0.2) is 4.98 Å². The quantitative estimate of drug-likeness (QED) is 0.734. The first-order valence-corrected chi connectivity index (χ1v) is 5.19. The molecule has 0 fully saturated rings. The molecule has 0 amide bonds. The first-order valence-electron chi connectivity index (χ1n) is 5.19. The lowest BCUT2D eigenvalue weighted by Crippen LogP contribution is -2.02. The summed E-state index contributed by atoms with van der Waals surface area (Å²) in [6.45, 7) is 1.99. The van der Waals surface area contributed by atoms with Crippen LogP contribution in [0.3, 0.4) is 0 Å². The Balaban J connectivity index is 2.23. The minimum Gasteiger partial charge on any atom is -0.334 e. The number of pyridine rings is 1. The second kappa shape index (κ2) is 4.70. The normalized spacial score (nSPS) is 12.3. The lowest BCUT2D eigenvalue weighted by molar-refractivity contribution is -0.108. The Morgan fingerprint density at radius 3 is 3.12 bits per heavy atom. The van der Waals surface area contributed by atoms with E-state index in [2.05, 4.69) is 9.97 Å². The fourth-order valence-corrected chi connectivity index (χ4v) is 1.50. The molecule has 0 saturated carbocycles. The highest BCUT2D eigenvalue weighted by Gasteiger charge is 2.06. The lowest BCUT2D eigenvalue weighted by atomic mass is 10.2. The van der Waals surface area contributed by atoms with Gasteiger partial charge in [-0.05, 0) is 19.1 Å². The zero-order valence-corrected chi connectivity index (χ0v) is 9.08. The van der Waals surface area contributed by atoms with Gasteiger partial charge < -0.3 is 9.36 Å². The Morgan fingerprint density at radius 2 is 2.44 bits per heavy atom. The van der Waals surface area contributed by atoms with Crippen molar-refractivity contribution in [1.82, 2.24) is 14.5 Å². The van der Waals surface area contributed by atoms with Gasteiger partial charge in [0.25, 0.3) is 0 Å². The molecule has 2 rings (SSSR count). The van der Waals surface area contributed by atoms with Crippen LogP contribution in [0.4, 0.5) is 0 Å². The molecule has 1 atom stereocenters. The van der Waals surface area contributed by atoms with Crippen LogP contribution >= 0.6 is 0 Å². The third-order valence-corrected chi connectivity index (χ3v) is 2.51. The molecule has 0 saturated heterocycles. The number of nitrogens with zero attached hydrogens (tertiary/aromatic N) is 3. The zero-order valence-electron chi connectivity index (χ0n) is 9.08. The van der Waals surface area contributed by atoms with Gasteiger partial charge in [0.15, 0.2) is 0 Å². The lowest BCUT2D eigenvalue weighted by Gasteiger charge is -2.07. The van der Waals surface area contributed by atoms with E-state index in [4.69, 9.17) is 0 Å². The van der Waals surface area contributed by atoms with E-state index in [1.54, 1.807) is 18.7 Å². The second-order valence-corrected chi connectivity index (χ2v) is 3.70. The molecule has 1 unspecified atom stereocenters. The molecule has 2 aromatic heterocycles. The number of hydrogen-bond donors (Lipinski definition) is 0. The van der Waals surface area contributed by atoms with Gasteiger partial charge in [0.05, 0.1) is 12.0 Å². The summed E-state index contributed by atoms with van der Waals surface area (Å²) in [4.78, 5) is 18.8. The SMILES string of the molecule is CC(CC=O)n1cnc(-c2cccnc2)c1. The summed E-state index contributed by atoms with van der Waals surface area (Å²) < 4.78 is 1.94. The summed E-state index contributed by atoms with van der Waals surface area (Å²) in [6, 6.07) is 3.99. The van der Waals surface area contributed by atoms with E-state index < -0.39 is 0 Å². The van der Waals surface area contributed by atoms with Crippen LogP contribution in [0.1, 0.15) is 19.4 Å². The van der Waals surface area contributed by atoms with Gasteiger partial charge in [0.1, 0.15) is 6.29 Å². The minimum absolute atomic E-state index is 0.149. The van der Waals surface area contributed by atoms with Crippen molar-refractivity contribution in [1.29, 1.82) is 0 Å². The van der Waals surface area contributed by atoms with Crippen LogP contribution in [-0.4, -0.2) is 20.8 Å². The number of hydrogen-bond acceptors (Lipinski definition) is 3. The van der Waals surface area contributed by atoms with E-state index in [1.165, 1.54) is 0 Å². The molecule has 0 spiro atoms. The van der Waals surface area contributed by atoms with Crippen LogP contribution in [0, 0.1) is 0 Å². The topological polar surface area (TPSA) is 47.8 Å². The second-order valence-electron chi connectivity index (χ2n) is 3.70. The highest BCUT2D eigenvalue weighted by molar-refractivity contribution is 5.56. The maximum absolute atomic E-state index is 10.4. The maximum Gasteiger partial charge on any atom is 0.122 e. The first kappa shape index (κ1) is 10.5. The molecule has 0 aliphatic heterocycles. The Morgan fingerprint density at radius 1 is 1.56 bits per heavy atom. The van der Waals surface area contributed by atoms with Crippen molar-refractivity contribution in [3.63, 3.8) is 0 Å². The molecule has 16 heavy (non-hydrogen) atoms. The fraction of sp³-hybridized carbons (Fsp3) is 0.250. The third-order valence-electron chi connectivity index (χ3n) is 2.51. The van der Waals surface area contributed by atoms with Crippen LogP contribution < -0.4 is 0 Å². The van der Waals surface area contributed by atoms with Crippen molar-refractivity contribution in [2.45, 2.75) is 19.4 Å². The first-order chi connectivity index (χ1) is 7.81. The smallest absolute Gasteiger partial charge is 0.122 e. The summed E-state index contributed by atoms with van der Waals surface area (Å²) in [5, 5.41) is 0. The van der Waals surface area contributed by atoms with Crippen LogP contribution in [0.25, 0.3) is 11.3 Å². The van der Waals surface area contributed by atoms with Crippen molar-refractivity contribution in [3.8, 4) is 11.3 Å². The average molecular weight is 215 g/mol. The molecule has 2 heterocycles. The predicted octanol–water partition coefficient (Wildman–Crippen LogP) is 2.10. The number of imidazole rings is 1. The summed E-state index contributed by atoms with van der Waals surface area (Å²) >= 11 is 0. The van der Waals surface area contributed by atoms with Crippen LogP contribution in [0.2, 0.25) is 0 Å². The van der Waals surface area contributed by atoms with E-state index in [0.29, 0.717) is 6.42 Å². The molecule has 0 aliphatic rings. The Labute approximate surface area is 94.0 Å².